The lowest BCUT2D eigenvalue weighted by Crippen LogP contribution is -2.32. The second-order valence-electron chi connectivity index (χ2n) is 6.29. The molecule has 0 aliphatic carbocycles. The van der Waals surface area contributed by atoms with Crippen molar-refractivity contribution < 1.29 is 14.3 Å². The quantitative estimate of drug-likeness (QED) is 0.745. The summed E-state index contributed by atoms with van der Waals surface area (Å²) in [6, 6.07) is 13.7. The van der Waals surface area contributed by atoms with E-state index in [2.05, 4.69) is 26.0 Å². The highest BCUT2D eigenvalue weighted by Crippen LogP contribution is 2.35. The van der Waals surface area contributed by atoms with Crippen LogP contribution >= 0.6 is 11.6 Å². The minimum atomic E-state index is -0.142. The van der Waals surface area contributed by atoms with Crippen molar-refractivity contribution in [3.05, 3.63) is 53.6 Å². The topological polar surface area (TPSA) is 38.8 Å². The summed E-state index contributed by atoms with van der Waals surface area (Å²) in [7, 11) is 0. The van der Waals surface area contributed by atoms with Crippen molar-refractivity contribution in [3.63, 3.8) is 0 Å². The number of halogens is 1. The summed E-state index contributed by atoms with van der Waals surface area (Å²) in [5, 5.41) is 0. The Labute approximate surface area is 153 Å². The first-order valence-corrected chi connectivity index (χ1v) is 8.97. The van der Waals surface area contributed by atoms with E-state index in [0.29, 0.717) is 37.2 Å². The van der Waals surface area contributed by atoms with Crippen LogP contribution in [-0.2, 0) is 11.3 Å². The first kappa shape index (κ1) is 17.6. The maximum atomic E-state index is 12.5. The molecule has 1 amide bonds. The number of anilines is 1. The summed E-state index contributed by atoms with van der Waals surface area (Å²) in [6.07, 6.45) is 0. The van der Waals surface area contributed by atoms with Crippen molar-refractivity contribution in [1.82, 2.24) is 0 Å². The molecule has 0 fully saturated rings. The first-order valence-electron chi connectivity index (χ1n) is 8.44. The second kappa shape index (κ2) is 7.79. The number of hydrogen-bond acceptors (Lipinski definition) is 3. The Morgan fingerprint density at radius 3 is 2.56 bits per heavy atom. The molecule has 0 atom stereocenters. The van der Waals surface area contributed by atoms with Gasteiger partial charge in [-0.25, -0.2) is 0 Å². The predicted octanol–water partition coefficient (Wildman–Crippen LogP) is 4.35. The summed E-state index contributed by atoms with van der Waals surface area (Å²) in [6.45, 7) is 5.82. The van der Waals surface area contributed by atoms with E-state index in [1.165, 1.54) is 5.56 Å². The van der Waals surface area contributed by atoms with Gasteiger partial charge in [-0.05, 0) is 29.2 Å². The zero-order valence-electron chi connectivity index (χ0n) is 14.5. The van der Waals surface area contributed by atoms with Crippen LogP contribution in [0, 0.1) is 0 Å². The van der Waals surface area contributed by atoms with E-state index < -0.39 is 0 Å². The number of hydrogen-bond donors (Lipinski definition) is 0. The number of ether oxygens (including phenoxy) is 2. The molecule has 2 aromatic carbocycles. The molecule has 1 aliphatic rings. The molecule has 0 saturated carbocycles. The lowest BCUT2D eigenvalue weighted by molar-refractivity contribution is -0.116. The van der Waals surface area contributed by atoms with E-state index in [0.717, 1.165) is 11.3 Å². The van der Waals surface area contributed by atoms with Gasteiger partial charge in [-0.2, -0.15) is 0 Å². The standard InChI is InChI=1S/C20H22ClNO3/c1-14(2)17-6-4-3-5-15(17)13-22(20(23)12-21)16-7-8-18-19(11-16)25-10-9-24-18/h3-8,11,14H,9-10,12-13H2,1-2H3. The van der Waals surface area contributed by atoms with Gasteiger partial charge < -0.3 is 14.4 Å². The molecule has 4 nitrogen and oxygen atoms in total. The molecule has 0 unspecified atom stereocenters. The average molecular weight is 360 g/mol. The fourth-order valence-corrected chi connectivity index (χ4v) is 3.15. The Hall–Kier alpha value is -2.20. The number of rotatable bonds is 5. The van der Waals surface area contributed by atoms with Crippen LogP contribution in [0.25, 0.3) is 0 Å². The molecule has 0 spiro atoms. The lowest BCUT2D eigenvalue weighted by atomic mass is 9.97. The predicted molar refractivity (Wildman–Crippen MR) is 99.9 cm³/mol. The van der Waals surface area contributed by atoms with Crippen molar-refractivity contribution in [2.45, 2.75) is 26.3 Å². The van der Waals surface area contributed by atoms with Gasteiger partial charge in [0.2, 0.25) is 5.91 Å². The maximum absolute atomic E-state index is 12.5. The minimum absolute atomic E-state index is 0.0711. The molecule has 1 heterocycles. The summed E-state index contributed by atoms with van der Waals surface area (Å²) in [5.41, 5.74) is 3.10. The van der Waals surface area contributed by atoms with Gasteiger partial charge in [0.05, 0.1) is 6.54 Å². The van der Waals surface area contributed by atoms with Crippen LogP contribution in [0.2, 0.25) is 0 Å². The summed E-state index contributed by atoms with van der Waals surface area (Å²) in [5.74, 6) is 1.53. The van der Waals surface area contributed by atoms with E-state index in [1.807, 2.05) is 30.3 Å². The lowest BCUT2D eigenvalue weighted by Gasteiger charge is -2.26. The summed E-state index contributed by atoms with van der Waals surface area (Å²) < 4.78 is 11.2. The fraction of sp³-hybridized carbons (Fsp3) is 0.350. The smallest absolute Gasteiger partial charge is 0.242 e. The molecule has 1 aliphatic heterocycles. The monoisotopic (exact) mass is 359 g/mol. The number of carbonyl (C=O) groups is 1. The number of alkyl halides is 1. The molecule has 0 bridgehead atoms. The minimum Gasteiger partial charge on any atom is -0.486 e. The Balaban J connectivity index is 1.95. The normalized spacial score (nSPS) is 13.0. The zero-order valence-corrected chi connectivity index (χ0v) is 15.3. The summed E-state index contributed by atoms with van der Waals surface area (Å²) in [4.78, 5) is 14.2. The van der Waals surface area contributed by atoms with Crippen molar-refractivity contribution in [2.24, 2.45) is 0 Å². The molecule has 0 N–H and O–H groups in total. The van der Waals surface area contributed by atoms with Crippen molar-refractivity contribution in [3.8, 4) is 11.5 Å². The SMILES string of the molecule is CC(C)c1ccccc1CN(C(=O)CCl)c1ccc2c(c1)OCCO2. The van der Waals surface area contributed by atoms with Gasteiger partial charge in [0.25, 0.3) is 0 Å². The van der Waals surface area contributed by atoms with E-state index >= 15 is 0 Å². The van der Waals surface area contributed by atoms with Gasteiger partial charge in [0, 0.05) is 11.8 Å². The van der Waals surface area contributed by atoms with E-state index in [9.17, 15) is 4.79 Å². The third kappa shape index (κ3) is 3.90. The highest BCUT2D eigenvalue weighted by atomic mass is 35.5. The maximum Gasteiger partial charge on any atom is 0.242 e. The summed E-state index contributed by atoms with van der Waals surface area (Å²) >= 11 is 5.86. The van der Waals surface area contributed by atoms with Crippen molar-refractivity contribution >= 4 is 23.2 Å². The van der Waals surface area contributed by atoms with Gasteiger partial charge in [0.15, 0.2) is 11.5 Å². The first-order chi connectivity index (χ1) is 12.1. The van der Waals surface area contributed by atoms with E-state index in [4.69, 9.17) is 21.1 Å². The van der Waals surface area contributed by atoms with Gasteiger partial charge in [-0.15, -0.1) is 11.6 Å². The molecule has 132 valence electrons. The van der Waals surface area contributed by atoms with E-state index in [-0.39, 0.29) is 11.8 Å². The Morgan fingerprint density at radius 1 is 1.12 bits per heavy atom. The number of fused-ring (bicyclic) bond motifs is 1. The molecule has 0 saturated heterocycles. The molecule has 0 radical (unpaired) electrons. The molecular weight excluding hydrogens is 338 g/mol. The molecule has 2 aromatic rings. The third-order valence-electron chi connectivity index (χ3n) is 4.26. The zero-order chi connectivity index (χ0) is 17.8. The average Bonchev–Trinajstić information content (AvgIpc) is 2.65. The highest BCUT2D eigenvalue weighted by Gasteiger charge is 2.20. The van der Waals surface area contributed by atoms with Gasteiger partial charge in [0.1, 0.15) is 19.1 Å². The van der Waals surface area contributed by atoms with E-state index in [1.54, 1.807) is 4.90 Å². The van der Waals surface area contributed by atoms with Crippen LogP contribution in [0.1, 0.15) is 30.9 Å². The molecular formula is C20H22ClNO3. The Bertz CT molecular complexity index is 760. The number of nitrogens with zero attached hydrogens (tertiary/aromatic N) is 1. The Morgan fingerprint density at radius 2 is 1.84 bits per heavy atom. The molecule has 3 rings (SSSR count). The fourth-order valence-electron chi connectivity index (χ4n) is 3.01. The van der Waals surface area contributed by atoms with Gasteiger partial charge >= 0.3 is 0 Å². The number of carbonyl (C=O) groups excluding carboxylic acids is 1. The van der Waals surface area contributed by atoms with Crippen LogP contribution in [0.15, 0.2) is 42.5 Å². The van der Waals surface area contributed by atoms with Crippen molar-refractivity contribution in [1.29, 1.82) is 0 Å². The van der Waals surface area contributed by atoms with Gasteiger partial charge in [-0.3, -0.25) is 4.79 Å². The number of benzene rings is 2. The molecule has 5 heteroatoms. The van der Waals surface area contributed by atoms with Crippen LogP contribution in [0.5, 0.6) is 11.5 Å². The third-order valence-corrected chi connectivity index (χ3v) is 4.49. The Kier molecular flexibility index (Phi) is 5.49. The second-order valence-corrected chi connectivity index (χ2v) is 6.56. The van der Waals surface area contributed by atoms with Crippen LogP contribution in [0.4, 0.5) is 5.69 Å². The highest BCUT2D eigenvalue weighted by molar-refractivity contribution is 6.29. The number of amides is 1. The van der Waals surface area contributed by atoms with Crippen LogP contribution in [-0.4, -0.2) is 25.0 Å². The van der Waals surface area contributed by atoms with Crippen molar-refractivity contribution in [2.75, 3.05) is 24.0 Å². The largest absolute Gasteiger partial charge is 0.486 e. The molecule has 0 aromatic heterocycles. The van der Waals surface area contributed by atoms with Crippen LogP contribution < -0.4 is 14.4 Å². The van der Waals surface area contributed by atoms with Gasteiger partial charge in [-0.1, -0.05) is 38.1 Å². The molecule has 25 heavy (non-hydrogen) atoms. The van der Waals surface area contributed by atoms with Crippen LogP contribution in [0.3, 0.4) is 0 Å².